The Morgan fingerprint density at radius 2 is 1.76 bits per heavy atom. The van der Waals surface area contributed by atoms with Crippen LogP contribution in [0.5, 0.6) is 11.5 Å². The maximum Gasteiger partial charge on any atom is 0.157 e. The van der Waals surface area contributed by atoms with E-state index in [1.54, 1.807) is 6.20 Å². The van der Waals surface area contributed by atoms with E-state index in [1.807, 2.05) is 66.7 Å². The van der Waals surface area contributed by atoms with Gasteiger partial charge in [-0.05, 0) is 49.8 Å². The zero-order chi connectivity index (χ0) is 20.1. The first-order valence-electron chi connectivity index (χ1n) is 9.56. The van der Waals surface area contributed by atoms with Crippen LogP contribution < -0.4 is 9.47 Å². The van der Waals surface area contributed by atoms with Crippen molar-refractivity contribution < 1.29 is 9.47 Å². The van der Waals surface area contributed by atoms with Crippen molar-refractivity contribution in [1.82, 2.24) is 15.0 Å². The second-order valence-corrected chi connectivity index (χ2v) is 7.02. The number of fused-ring (bicyclic) bond motifs is 1. The number of hydrogen-bond acceptors (Lipinski definition) is 4. The van der Waals surface area contributed by atoms with Crippen LogP contribution in [0.1, 0.15) is 19.4 Å². The largest absolute Gasteiger partial charge is 0.489 e. The first kappa shape index (κ1) is 18.7. The summed E-state index contributed by atoms with van der Waals surface area (Å²) in [5.41, 5.74) is 4.79. The van der Waals surface area contributed by atoms with E-state index >= 15 is 0 Å². The first-order chi connectivity index (χ1) is 14.2. The molecule has 4 aromatic rings. The SMILES string of the molecule is CC(C)=CCOc1cc(OCc2ccccc2)cc(-c2nc3cccnc3[nH]2)c1. The van der Waals surface area contributed by atoms with Crippen LogP contribution in [0.3, 0.4) is 0 Å². The Morgan fingerprint density at radius 3 is 2.52 bits per heavy atom. The van der Waals surface area contributed by atoms with Gasteiger partial charge in [0, 0.05) is 17.8 Å². The van der Waals surface area contributed by atoms with Gasteiger partial charge in [-0.1, -0.05) is 35.9 Å². The molecule has 2 aromatic heterocycles. The molecule has 0 bridgehead atoms. The zero-order valence-electron chi connectivity index (χ0n) is 16.6. The second-order valence-electron chi connectivity index (χ2n) is 7.02. The first-order valence-corrected chi connectivity index (χ1v) is 9.56. The zero-order valence-corrected chi connectivity index (χ0v) is 16.6. The summed E-state index contributed by atoms with van der Waals surface area (Å²) in [5.74, 6) is 2.19. The molecule has 5 nitrogen and oxygen atoms in total. The molecule has 0 spiro atoms. The van der Waals surface area contributed by atoms with Gasteiger partial charge in [0.05, 0.1) is 0 Å². The van der Waals surface area contributed by atoms with Crippen LogP contribution in [0.2, 0.25) is 0 Å². The normalized spacial score (nSPS) is 10.7. The number of pyridine rings is 1. The van der Waals surface area contributed by atoms with Crippen LogP contribution in [0.15, 0.2) is 78.5 Å². The number of ether oxygens (including phenoxy) is 2. The molecule has 0 aliphatic heterocycles. The molecule has 1 N–H and O–H groups in total. The lowest BCUT2D eigenvalue weighted by Gasteiger charge is -2.11. The van der Waals surface area contributed by atoms with Gasteiger partial charge in [-0.3, -0.25) is 0 Å². The summed E-state index contributed by atoms with van der Waals surface area (Å²) in [5, 5.41) is 0. The van der Waals surface area contributed by atoms with Gasteiger partial charge in [-0.15, -0.1) is 0 Å². The molecule has 146 valence electrons. The summed E-state index contributed by atoms with van der Waals surface area (Å²) in [6, 6.07) is 19.7. The quantitative estimate of drug-likeness (QED) is 0.424. The third kappa shape index (κ3) is 4.82. The van der Waals surface area contributed by atoms with E-state index in [4.69, 9.17) is 9.47 Å². The lowest BCUT2D eigenvalue weighted by atomic mass is 10.2. The predicted molar refractivity (Wildman–Crippen MR) is 115 cm³/mol. The monoisotopic (exact) mass is 385 g/mol. The smallest absolute Gasteiger partial charge is 0.157 e. The summed E-state index contributed by atoms with van der Waals surface area (Å²) < 4.78 is 12.0. The van der Waals surface area contributed by atoms with Gasteiger partial charge >= 0.3 is 0 Å². The number of rotatable bonds is 7. The molecule has 5 heteroatoms. The molecule has 0 saturated heterocycles. The fourth-order valence-electron chi connectivity index (χ4n) is 2.90. The number of nitrogens with one attached hydrogen (secondary N) is 1. The summed E-state index contributed by atoms with van der Waals surface area (Å²) in [4.78, 5) is 12.2. The standard InChI is InChI=1S/C24H23N3O2/c1-17(2)10-12-28-20-13-19(23-26-22-9-6-11-25-24(22)27-23)14-21(15-20)29-16-18-7-4-3-5-8-18/h3-11,13-15H,12,16H2,1-2H3,(H,25,26,27). The fraction of sp³-hybridized carbons (Fsp3) is 0.167. The van der Waals surface area contributed by atoms with Crippen LogP contribution in [0, 0.1) is 0 Å². The maximum atomic E-state index is 6.04. The highest BCUT2D eigenvalue weighted by molar-refractivity contribution is 5.76. The molecule has 0 radical (unpaired) electrons. The lowest BCUT2D eigenvalue weighted by Crippen LogP contribution is -1.98. The second kappa shape index (κ2) is 8.61. The summed E-state index contributed by atoms with van der Waals surface area (Å²) in [7, 11) is 0. The van der Waals surface area contributed by atoms with Crippen molar-refractivity contribution in [2.75, 3.05) is 6.61 Å². The van der Waals surface area contributed by atoms with E-state index in [1.165, 1.54) is 5.57 Å². The van der Waals surface area contributed by atoms with Gasteiger partial charge in [-0.2, -0.15) is 0 Å². The number of H-pyrrole nitrogens is 1. The highest BCUT2D eigenvalue weighted by Crippen LogP contribution is 2.30. The van der Waals surface area contributed by atoms with E-state index in [0.717, 1.165) is 39.6 Å². The average Bonchev–Trinajstić information content (AvgIpc) is 3.17. The van der Waals surface area contributed by atoms with Gasteiger partial charge in [0.1, 0.15) is 36.1 Å². The minimum atomic E-state index is 0.486. The van der Waals surface area contributed by atoms with Gasteiger partial charge in [0.15, 0.2) is 5.65 Å². The van der Waals surface area contributed by atoms with Gasteiger partial charge in [0.2, 0.25) is 0 Å². The Balaban J connectivity index is 1.64. The number of imidazole rings is 1. The van der Waals surface area contributed by atoms with Crippen LogP contribution in [0.25, 0.3) is 22.6 Å². The van der Waals surface area contributed by atoms with Gasteiger partial charge in [0.25, 0.3) is 0 Å². The minimum absolute atomic E-state index is 0.486. The molecule has 2 aromatic carbocycles. The molecule has 0 atom stereocenters. The van der Waals surface area contributed by atoms with Gasteiger partial charge in [-0.25, -0.2) is 9.97 Å². The Labute approximate surface area is 170 Å². The molecule has 0 fully saturated rings. The molecule has 2 heterocycles. The molecular formula is C24H23N3O2. The highest BCUT2D eigenvalue weighted by Gasteiger charge is 2.10. The van der Waals surface area contributed by atoms with Crippen molar-refractivity contribution in [2.45, 2.75) is 20.5 Å². The topological polar surface area (TPSA) is 60.0 Å². The molecule has 0 saturated carbocycles. The fourth-order valence-corrected chi connectivity index (χ4v) is 2.90. The molecule has 4 rings (SSSR count). The Kier molecular flexibility index (Phi) is 5.56. The van der Waals surface area contributed by atoms with Crippen molar-refractivity contribution in [3.05, 3.63) is 84.1 Å². The number of benzene rings is 2. The maximum absolute atomic E-state index is 6.04. The van der Waals surface area contributed by atoms with Crippen molar-refractivity contribution in [2.24, 2.45) is 0 Å². The molecule has 0 unspecified atom stereocenters. The Morgan fingerprint density at radius 1 is 0.966 bits per heavy atom. The number of hydrogen-bond donors (Lipinski definition) is 1. The summed E-state index contributed by atoms with van der Waals surface area (Å²) in [6.45, 7) is 5.09. The third-order valence-corrected chi connectivity index (χ3v) is 4.40. The molecular weight excluding hydrogens is 362 g/mol. The summed E-state index contributed by atoms with van der Waals surface area (Å²) >= 11 is 0. The van der Waals surface area contributed by atoms with E-state index in [0.29, 0.717) is 13.2 Å². The number of nitrogens with zero attached hydrogens (tertiary/aromatic N) is 2. The van der Waals surface area contributed by atoms with E-state index < -0.39 is 0 Å². The van der Waals surface area contributed by atoms with Crippen LogP contribution in [0.4, 0.5) is 0 Å². The van der Waals surface area contributed by atoms with E-state index in [9.17, 15) is 0 Å². The van der Waals surface area contributed by atoms with Crippen LogP contribution in [-0.2, 0) is 6.61 Å². The van der Waals surface area contributed by atoms with Crippen molar-refractivity contribution in [3.63, 3.8) is 0 Å². The third-order valence-electron chi connectivity index (χ3n) is 4.40. The predicted octanol–water partition coefficient (Wildman–Crippen LogP) is 5.55. The van der Waals surface area contributed by atoms with E-state index in [-0.39, 0.29) is 0 Å². The van der Waals surface area contributed by atoms with E-state index in [2.05, 4.69) is 28.8 Å². The number of aromatic nitrogens is 3. The minimum Gasteiger partial charge on any atom is -0.489 e. The van der Waals surface area contributed by atoms with Gasteiger partial charge < -0.3 is 14.5 Å². The molecule has 0 aliphatic carbocycles. The Hall–Kier alpha value is -3.60. The Bertz CT molecular complexity index is 1100. The van der Waals surface area contributed by atoms with Crippen LogP contribution >= 0.6 is 0 Å². The van der Waals surface area contributed by atoms with Crippen LogP contribution in [-0.4, -0.2) is 21.6 Å². The summed E-state index contributed by atoms with van der Waals surface area (Å²) in [6.07, 6.45) is 3.79. The highest BCUT2D eigenvalue weighted by atomic mass is 16.5. The van der Waals surface area contributed by atoms with Crippen molar-refractivity contribution in [3.8, 4) is 22.9 Å². The lowest BCUT2D eigenvalue weighted by molar-refractivity contribution is 0.302. The van der Waals surface area contributed by atoms with Crippen molar-refractivity contribution >= 4 is 11.2 Å². The van der Waals surface area contributed by atoms with Crippen molar-refractivity contribution in [1.29, 1.82) is 0 Å². The molecule has 0 aliphatic rings. The molecule has 0 amide bonds. The molecule has 29 heavy (non-hydrogen) atoms. The number of allylic oxidation sites excluding steroid dienone is 1. The number of aromatic amines is 1. The average molecular weight is 385 g/mol.